The van der Waals surface area contributed by atoms with Crippen molar-refractivity contribution in [1.29, 1.82) is 0 Å². The van der Waals surface area contributed by atoms with E-state index in [1.807, 2.05) is 4.90 Å². The summed E-state index contributed by atoms with van der Waals surface area (Å²) in [6, 6.07) is 6.46. The predicted molar refractivity (Wildman–Crippen MR) is 111 cm³/mol. The van der Waals surface area contributed by atoms with E-state index >= 15 is 0 Å². The average Bonchev–Trinajstić information content (AvgIpc) is 3.72. The van der Waals surface area contributed by atoms with Gasteiger partial charge in [0.05, 0.1) is 13.7 Å². The van der Waals surface area contributed by atoms with E-state index in [0.717, 1.165) is 25.7 Å². The highest BCUT2D eigenvalue weighted by Crippen LogP contribution is 2.40. The van der Waals surface area contributed by atoms with E-state index in [0.29, 0.717) is 37.2 Å². The molecule has 1 atom stereocenters. The highest BCUT2D eigenvalue weighted by Gasteiger charge is 2.55. The third-order valence-electron chi connectivity index (χ3n) is 6.83. The van der Waals surface area contributed by atoms with Crippen LogP contribution in [0.15, 0.2) is 24.3 Å². The highest BCUT2D eigenvalue weighted by molar-refractivity contribution is 5.98. The van der Waals surface area contributed by atoms with Crippen molar-refractivity contribution in [2.45, 2.75) is 56.3 Å². The van der Waals surface area contributed by atoms with Gasteiger partial charge in [0.2, 0.25) is 11.8 Å². The predicted octanol–water partition coefficient (Wildman–Crippen LogP) is 1.54. The number of nitrogens with zero attached hydrogens (tertiary/aromatic N) is 2. The molecule has 2 saturated carbocycles. The van der Waals surface area contributed by atoms with Crippen LogP contribution in [0, 0.1) is 5.92 Å². The summed E-state index contributed by atoms with van der Waals surface area (Å²) in [5.41, 5.74) is -0.366. The molecule has 1 aromatic carbocycles. The zero-order valence-corrected chi connectivity index (χ0v) is 17.8. The molecule has 166 valence electrons. The molecule has 1 unspecified atom stereocenters. The number of benzene rings is 1. The Bertz CT molecular complexity index is 870. The maximum atomic E-state index is 13.6. The Morgan fingerprint density at radius 2 is 1.74 bits per heavy atom. The Balaban J connectivity index is 1.38. The second-order valence-electron chi connectivity index (χ2n) is 9.06. The largest absolute Gasteiger partial charge is 0.497 e. The molecule has 5 rings (SSSR count). The van der Waals surface area contributed by atoms with E-state index < -0.39 is 11.8 Å². The second kappa shape index (κ2) is 7.82. The third kappa shape index (κ3) is 3.89. The second-order valence-corrected chi connectivity index (χ2v) is 9.06. The molecule has 1 aromatic rings. The van der Waals surface area contributed by atoms with E-state index in [-0.39, 0.29) is 36.3 Å². The minimum atomic E-state index is -0.858. The molecular weight excluding hydrogens is 398 g/mol. The van der Waals surface area contributed by atoms with Crippen LogP contribution in [0.2, 0.25) is 0 Å². The summed E-state index contributed by atoms with van der Waals surface area (Å²) in [7, 11) is 1.58. The van der Waals surface area contributed by atoms with Gasteiger partial charge in [-0.3, -0.25) is 19.3 Å². The molecule has 31 heavy (non-hydrogen) atoms. The summed E-state index contributed by atoms with van der Waals surface area (Å²) in [4.78, 5) is 42.6. The van der Waals surface area contributed by atoms with Crippen molar-refractivity contribution < 1.29 is 23.9 Å². The molecule has 0 radical (unpaired) electrons. The number of methoxy groups -OCH3 is 1. The number of carbonyl (C=O) groups is 3. The van der Waals surface area contributed by atoms with Crippen LogP contribution in [0.4, 0.5) is 0 Å². The Labute approximate surface area is 181 Å². The molecule has 2 aliphatic heterocycles. The molecule has 2 heterocycles. The quantitative estimate of drug-likeness (QED) is 0.770. The fraction of sp³-hybridized carbons (Fsp3) is 0.609. The minimum absolute atomic E-state index is 0.155. The lowest BCUT2D eigenvalue weighted by Gasteiger charge is -2.44. The van der Waals surface area contributed by atoms with Crippen molar-refractivity contribution in [3.05, 3.63) is 29.8 Å². The summed E-state index contributed by atoms with van der Waals surface area (Å²) in [6.07, 6.45) is 4.94. The zero-order valence-electron chi connectivity index (χ0n) is 17.8. The summed E-state index contributed by atoms with van der Waals surface area (Å²) >= 11 is 0. The summed E-state index contributed by atoms with van der Waals surface area (Å²) in [6.45, 7) is 1.26. The molecule has 0 aromatic heterocycles. The molecule has 2 saturated heterocycles. The van der Waals surface area contributed by atoms with Gasteiger partial charge in [0.25, 0.3) is 5.91 Å². The first-order valence-corrected chi connectivity index (χ1v) is 11.2. The third-order valence-corrected chi connectivity index (χ3v) is 6.83. The van der Waals surface area contributed by atoms with E-state index in [1.54, 1.807) is 36.3 Å². The topological polar surface area (TPSA) is 88.2 Å². The monoisotopic (exact) mass is 427 g/mol. The van der Waals surface area contributed by atoms with Gasteiger partial charge in [0.15, 0.2) is 0 Å². The van der Waals surface area contributed by atoms with Crippen LogP contribution >= 0.6 is 0 Å². The Hall–Kier alpha value is -2.61. The van der Waals surface area contributed by atoms with Crippen LogP contribution in [0.3, 0.4) is 0 Å². The standard InChI is InChI=1S/C23H29N3O5/c1-30-18-8-4-16(5-9-18)22(29)26-19(20(27)24-17-6-7-17)14-31-23(26)10-12-25(13-11-23)21(28)15-2-3-15/h4-5,8-9,15,17,19H,2-3,6-7,10-14H2,1H3,(H,24,27). The van der Waals surface area contributed by atoms with Crippen molar-refractivity contribution >= 4 is 17.7 Å². The van der Waals surface area contributed by atoms with Crippen molar-refractivity contribution in [2.75, 3.05) is 26.8 Å². The summed E-state index contributed by atoms with van der Waals surface area (Å²) in [5.74, 6) is 0.672. The first kappa shape index (κ1) is 20.3. The van der Waals surface area contributed by atoms with Gasteiger partial charge in [-0.1, -0.05) is 0 Å². The van der Waals surface area contributed by atoms with Crippen LogP contribution in [-0.2, 0) is 14.3 Å². The number of hydrogen-bond donors (Lipinski definition) is 1. The number of nitrogens with one attached hydrogen (secondary N) is 1. The van der Waals surface area contributed by atoms with Gasteiger partial charge in [0.1, 0.15) is 17.5 Å². The van der Waals surface area contributed by atoms with Gasteiger partial charge < -0.3 is 19.7 Å². The molecule has 8 heteroatoms. The lowest BCUT2D eigenvalue weighted by atomic mass is 9.96. The average molecular weight is 428 g/mol. The lowest BCUT2D eigenvalue weighted by Crippen LogP contribution is -2.60. The van der Waals surface area contributed by atoms with Gasteiger partial charge >= 0.3 is 0 Å². The normalized spacial score (nSPS) is 24.9. The molecule has 1 spiro atoms. The van der Waals surface area contributed by atoms with Gasteiger partial charge in [-0.2, -0.15) is 0 Å². The molecule has 4 aliphatic rings. The summed E-state index contributed by atoms with van der Waals surface area (Å²) in [5, 5.41) is 3.03. The van der Waals surface area contributed by atoms with Crippen LogP contribution in [0.1, 0.15) is 48.9 Å². The van der Waals surface area contributed by atoms with Crippen molar-refractivity contribution in [1.82, 2.24) is 15.1 Å². The van der Waals surface area contributed by atoms with Crippen molar-refractivity contribution in [3.8, 4) is 5.75 Å². The van der Waals surface area contributed by atoms with Crippen molar-refractivity contribution in [2.24, 2.45) is 5.92 Å². The van der Waals surface area contributed by atoms with E-state index in [4.69, 9.17) is 9.47 Å². The highest BCUT2D eigenvalue weighted by atomic mass is 16.5. The number of carbonyl (C=O) groups excluding carboxylic acids is 3. The number of hydrogen-bond acceptors (Lipinski definition) is 5. The Morgan fingerprint density at radius 1 is 1.06 bits per heavy atom. The fourth-order valence-electron chi connectivity index (χ4n) is 4.63. The van der Waals surface area contributed by atoms with Gasteiger partial charge in [-0.15, -0.1) is 0 Å². The van der Waals surface area contributed by atoms with Crippen LogP contribution in [-0.4, -0.2) is 72.1 Å². The molecule has 3 amide bonds. The van der Waals surface area contributed by atoms with Crippen LogP contribution < -0.4 is 10.1 Å². The van der Waals surface area contributed by atoms with Crippen LogP contribution in [0.25, 0.3) is 0 Å². The van der Waals surface area contributed by atoms with E-state index in [9.17, 15) is 14.4 Å². The lowest BCUT2D eigenvalue weighted by molar-refractivity contribution is -0.144. The number of likely N-dealkylation sites (tertiary alicyclic amines) is 1. The van der Waals surface area contributed by atoms with Gasteiger partial charge in [-0.05, 0) is 49.9 Å². The molecule has 1 N–H and O–H groups in total. The number of amides is 3. The molecular formula is C23H29N3O5. The van der Waals surface area contributed by atoms with Gasteiger partial charge in [0, 0.05) is 43.5 Å². The first-order chi connectivity index (χ1) is 15.0. The maximum absolute atomic E-state index is 13.6. The summed E-state index contributed by atoms with van der Waals surface area (Å²) < 4.78 is 11.4. The molecule has 4 fully saturated rings. The Kier molecular flexibility index (Phi) is 5.12. The molecule has 2 aliphatic carbocycles. The van der Waals surface area contributed by atoms with E-state index in [2.05, 4.69) is 5.32 Å². The van der Waals surface area contributed by atoms with E-state index in [1.165, 1.54) is 0 Å². The number of rotatable bonds is 5. The van der Waals surface area contributed by atoms with Gasteiger partial charge in [-0.25, -0.2) is 0 Å². The smallest absolute Gasteiger partial charge is 0.256 e. The fourth-order valence-corrected chi connectivity index (χ4v) is 4.63. The zero-order chi connectivity index (χ0) is 21.6. The van der Waals surface area contributed by atoms with Crippen molar-refractivity contribution in [3.63, 3.8) is 0 Å². The van der Waals surface area contributed by atoms with Crippen LogP contribution in [0.5, 0.6) is 5.75 Å². The minimum Gasteiger partial charge on any atom is -0.497 e. The maximum Gasteiger partial charge on any atom is 0.256 e. The Morgan fingerprint density at radius 3 is 2.32 bits per heavy atom. The number of piperidine rings is 1. The SMILES string of the molecule is COc1ccc(C(=O)N2C(C(=O)NC3CC3)COC23CCN(C(=O)C2CC2)CC3)cc1. The first-order valence-electron chi connectivity index (χ1n) is 11.2. The number of ether oxygens (including phenoxy) is 2. The molecule has 8 nitrogen and oxygen atoms in total. The molecule has 0 bridgehead atoms.